The summed E-state index contributed by atoms with van der Waals surface area (Å²) in [6, 6.07) is 6.97. The van der Waals surface area contributed by atoms with Crippen molar-refractivity contribution >= 4 is 5.90 Å². The van der Waals surface area contributed by atoms with Crippen molar-refractivity contribution in [2.75, 3.05) is 13.1 Å². The minimum atomic E-state index is -0.256. The normalized spacial score (nSPS) is 27.9. The van der Waals surface area contributed by atoms with Crippen molar-refractivity contribution in [1.29, 1.82) is 0 Å². The summed E-state index contributed by atoms with van der Waals surface area (Å²) in [7, 11) is 0. The molecule has 4 heteroatoms. The van der Waals surface area contributed by atoms with E-state index in [0.29, 0.717) is 12.1 Å². The van der Waals surface area contributed by atoms with Gasteiger partial charge < -0.3 is 10.1 Å². The lowest BCUT2D eigenvalue weighted by Crippen LogP contribution is -2.31. The van der Waals surface area contributed by atoms with Crippen LogP contribution in [0.4, 0.5) is 4.39 Å². The van der Waals surface area contributed by atoms with Crippen molar-refractivity contribution in [3.05, 3.63) is 35.6 Å². The summed E-state index contributed by atoms with van der Waals surface area (Å²) in [6.45, 7) is 1.53. The van der Waals surface area contributed by atoms with Gasteiger partial charge in [0, 0.05) is 5.56 Å². The molecule has 0 amide bonds. The number of ether oxygens (including phenoxy) is 1. The first kappa shape index (κ1) is 10.7. The molecule has 1 N–H and O–H groups in total. The standard InChI is InChI=1S/C13H15FN2O/c14-10-5-2-1-4-9(10)12-8-16-13(17-12)11-6-3-7-15-11/h1-2,4-5,11-12,15H,3,6-8H2. The van der Waals surface area contributed by atoms with Crippen LogP contribution in [0.1, 0.15) is 24.5 Å². The Hall–Kier alpha value is -1.42. The quantitative estimate of drug-likeness (QED) is 0.849. The summed E-state index contributed by atoms with van der Waals surface area (Å²) in [5.41, 5.74) is 0.601. The van der Waals surface area contributed by atoms with Crippen LogP contribution in [0.5, 0.6) is 0 Å². The van der Waals surface area contributed by atoms with Gasteiger partial charge in [-0.2, -0.15) is 0 Å². The second kappa shape index (κ2) is 4.45. The molecule has 0 bridgehead atoms. The van der Waals surface area contributed by atoms with Crippen molar-refractivity contribution in [3.8, 4) is 0 Å². The molecular weight excluding hydrogens is 219 g/mol. The number of nitrogens with one attached hydrogen (secondary N) is 1. The van der Waals surface area contributed by atoms with Gasteiger partial charge in [-0.1, -0.05) is 18.2 Å². The summed E-state index contributed by atoms with van der Waals surface area (Å²) < 4.78 is 19.4. The first-order valence-electron chi connectivity index (χ1n) is 6.03. The molecule has 2 atom stereocenters. The average molecular weight is 234 g/mol. The molecule has 0 spiro atoms. The number of benzene rings is 1. The van der Waals surface area contributed by atoms with Gasteiger partial charge in [-0.3, -0.25) is 0 Å². The molecule has 90 valence electrons. The minimum absolute atomic E-state index is 0.215. The molecule has 0 aromatic heterocycles. The van der Waals surface area contributed by atoms with Crippen LogP contribution in [0.15, 0.2) is 29.3 Å². The second-order valence-corrected chi connectivity index (χ2v) is 4.46. The highest BCUT2D eigenvalue weighted by Crippen LogP contribution is 2.27. The maximum absolute atomic E-state index is 13.6. The molecule has 17 heavy (non-hydrogen) atoms. The molecule has 1 aromatic rings. The lowest BCUT2D eigenvalue weighted by Gasteiger charge is -2.15. The fourth-order valence-corrected chi connectivity index (χ4v) is 2.38. The Morgan fingerprint density at radius 2 is 2.24 bits per heavy atom. The molecular formula is C13H15FN2O. The first-order chi connectivity index (χ1) is 8.34. The summed E-state index contributed by atoms with van der Waals surface area (Å²) in [5.74, 6) is 0.532. The molecule has 2 heterocycles. The summed E-state index contributed by atoms with van der Waals surface area (Å²) in [6.07, 6.45) is 1.95. The lowest BCUT2D eigenvalue weighted by atomic mass is 10.1. The van der Waals surface area contributed by atoms with E-state index in [1.807, 2.05) is 6.07 Å². The minimum Gasteiger partial charge on any atom is -0.470 e. The summed E-state index contributed by atoms with van der Waals surface area (Å²) in [5, 5.41) is 3.34. The van der Waals surface area contributed by atoms with E-state index in [2.05, 4.69) is 10.3 Å². The van der Waals surface area contributed by atoms with Crippen LogP contribution in [0.2, 0.25) is 0 Å². The topological polar surface area (TPSA) is 33.6 Å². The van der Waals surface area contributed by atoms with Crippen LogP contribution < -0.4 is 5.32 Å². The number of aliphatic imine (C=N–C) groups is 1. The fraction of sp³-hybridized carbons (Fsp3) is 0.462. The summed E-state index contributed by atoms with van der Waals surface area (Å²) >= 11 is 0. The Morgan fingerprint density at radius 3 is 3.00 bits per heavy atom. The number of hydrogen-bond donors (Lipinski definition) is 1. The molecule has 3 nitrogen and oxygen atoms in total. The van der Waals surface area contributed by atoms with Crippen molar-refractivity contribution in [3.63, 3.8) is 0 Å². The molecule has 1 aromatic carbocycles. The highest BCUT2D eigenvalue weighted by Gasteiger charge is 2.30. The SMILES string of the molecule is Fc1ccccc1C1CN=C(C2CCCN2)O1. The predicted molar refractivity (Wildman–Crippen MR) is 63.6 cm³/mol. The van der Waals surface area contributed by atoms with E-state index in [1.165, 1.54) is 6.07 Å². The zero-order valence-electron chi connectivity index (χ0n) is 9.53. The maximum Gasteiger partial charge on any atom is 0.201 e. The molecule has 0 radical (unpaired) electrons. The Morgan fingerprint density at radius 1 is 1.35 bits per heavy atom. The number of rotatable bonds is 2. The van der Waals surface area contributed by atoms with E-state index >= 15 is 0 Å². The van der Waals surface area contributed by atoms with Gasteiger partial charge in [0.15, 0.2) is 0 Å². The third-order valence-electron chi connectivity index (χ3n) is 3.29. The Labute approximate surface area is 99.7 Å². The van der Waals surface area contributed by atoms with Crippen LogP contribution in [0.25, 0.3) is 0 Å². The van der Waals surface area contributed by atoms with Gasteiger partial charge in [-0.05, 0) is 25.5 Å². The molecule has 1 saturated heterocycles. The van der Waals surface area contributed by atoms with Crippen LogP contribution in [-0.2, 0) is 4.74 Å². The zero-order valence-corrected chi connectivity index (χ0v) is 9.53. The van der Waals surface area contributed by atoms with Crippen molar-refractivity contribution in [2.24, 2.45) is 4.99 Å². The molecule has 2 unspecified atom stereocenters. The van der Waals surface area contributed by atoms with Gasteiger partial charge >= 0.3 is 0 Å². The van der Waals surface area contributed by atoms with E-state index in [1.54, 1.807) is 12.1 Å². The summed E-state index contributed by atoms with van der Waals surface area (Å²) in [4.78, 5) is 4.38. The fourth-order valence-electron chi connectivity index (χ4n) is 2.38. The van der Waals surface area contributed by atoms with E-state index < -0.39 is 0 Å². The lowest BCUT2D eigenvalue weighted by molar-refractivity contribution is 0.213. The second-order valence-electron chi connectivity index (χ2n) is 4.46. The Bertz CT molecular complexity index is 441. The first-order valence-corrected chi connectivity index (χ1v) is 6.03. The zero-order chi connectivity index (χ0) is 11.7. The largest absolute Gasteiger partial charge is 0.470 e. The molecule has 2 aliphatic heterocycles. The van der Waals surface area contributed by atoms with Crippen molar-refractivity contribution in [2.45, 2.75) is 25.0 Å². The number of hydrogen-bond acceptors (Lipinski definition) is 3. The number of halogens is 1. The van der Waals surface area contributed by atoms with E-state index in [-0.39, 0.29) is 18.0 Å². The molecule has 0 aliphatic carbocycles. The van der Waals surface area contributed by atoms with Gasteiger partial charge in [0.25, 0.3) is 0 Å². The molecule has 3 rings (SSSR count). The van der Waals surface area contributed by atoms with Crippen LogP contribution in [-0.4, -0.2) is 25.0 Å². The average Bonchev–Trinajstić information content (AvgIpc) is 3.00. The van der Waals surface area contributed by atoms with Gasteiger partial charge in [-0.25, -0.2) is 9.38 Å². The van der Waals surface area contributed by atoms with E-state index in [4.69, 9.17) is 4.74 Å². The van der Waals surface area contributed by atoms with Crippen LogP contribution in [0.3, 0.4) is 0 Å². The van der Waals surface area contributed by atoms with Crippen LogP contribution >= 0.6 is 0 Å². The van der Waals surface area contributed by atoms with Crippen LogP contribution in [0, 0.1) is 5.82 Å². The van der Waals surface area contributed by atoms with E-state index in [9.17, 15) is 4.39 Å². The Balaban J connectivity index is 1.72. The maximum atomic E-state index is 13.6. The Kier molecular flexibility index (Phi) is 2.81. The monoisotopic (exact) mass is 234 g/mol. The molecule has 1 fully saturated rings. The molecule has 2 aliphatic rings. The highest BCUT2D eigenvalue weighted by molar-refractivity contribution is 5.83. The van der Waals surface area contributed by atoms with Gasteiger partial charge in [0.2, 0.25) is 5.90 Å². The smallest absolute Gasteiger partial charge is 0.201 e. The third kappa shape index (κ3) is 2.05. The molecule has 0 saturated carbocycles. The van der Waals surface area contributed by atoms with Crippen molar-refractivity contribution in [1.82, 2.24) is 5.32 Å². The van der Waals surface area contributed by atoms with E-state index in [0.717, 1.165) is 25.3 Å². The predicted octanol–water partition coefficient (Wildman–Crippen LogP) is 2.05. The van der Waals surface area contributed by atoms with Gasteiger partial charge in [0.1, 0.15) is 11.9 Å². The highest BCUT2D eigenvalue weighted by atomic mass is 19.1. The van der Waals surface area contributed by atoms with Gasteiger partial charge in [0.05, 0.1) is 12.6 Å². The number of nitrogens with zero attached hydrogens (tertiary/aromatic N) is 1. The third-order valence-corrected chi connectivity index (χ3v) is 3.29. The van der Waals surface area contributed by atoms with Gasteiger partial charge in [-0.15, -0.1) is 0 Å². The van der Waals surface area contributed by atoms with Crippen molar-refractivity contribution < 1.29 is 9.13 Å².